The number of rotatable bonds is 4. The molecule has 0 amide bonds. The Labute approximate surface area is 92.8 Å². The number of carbonyl (C=O) groups is 1. The van der Waals surface area contributed by atoms with Crippen molar-refractivity contribution in [3.8, 4) is 0 Å². The molecule has 0 aromatic carbocycles. The van der Waals surface area contributed by atoms with Crippen LogP contribution in [-0.2, 0) is 9.53 Å². The molecule has 1 N–H and O–H groups in total. The molecule has 1 heterocycles. The Morgan fingerprint density at radius 1 is 1.60 bits per heavy atom. The molecule has 0 spiro atoms. The molecule has 0 fully saturated rings. The number of hydrogen-bond acceptors (Lipinski definition) is 5. The topological polar surface area (TPSA) is 64.1 Å². The summed E-state index contributed by atoms with van der Waals surface area (Å²) in [6, 6.07) is 2.78. The zero-order valence-electron chi connectivity index (χ0n) is 8.53. The lowest BCUT2D eigenvalue weighted by molar-refractivity contribution is -0.143. The first-order valence-electron chi connectivity index (χ1n) is 4.56. The predicted octanol–water partition coefficient (Wildman–Crippen LogP) is 1.49. The van der Waals surface area contributed by atoms with Crippen LogP contribution < -0.4 is 5.32 Å². The molecule has 0 aliphatic rings. The van der Waals surface area contributed by atoms with Crippen molar-refractivity contribution in [3.63, 3.8) is 0 Å². The van der Waals surface area contributed by atoms with E-state index in [-0.39, 0.29) is 5.97 Å². The number of hydrogen-bond donors (Lipinski definition) is 1. The van der Waals surface area contributed by atoms with Gasteiger partial charge in [0.1, 0.15) is 11.9 Å². The fourth-order valence-electron chi connectivity index (χ4n) is 0.941. The van der Waals surface area contributed by atoms with Crippen molar-refractivity contribution in [3.05, 3.63) is 17.3 Å². The number of anilines is 1. The highest BCUT2D eigenvalue weighted by Crippen LogP contribution is 2.07. The first-order valence-corrected chi connectivity index (χ1v) is 4.93. The molecule has 1 aromatic heterocycles. The fraction of sp³-hybridized carbons (Fsp3) is 0.444. The van der Waals surface area contributed by atoms with Crippen molar-refractivity contribution < 1.29 is 9.53 Å². The molecule has 82 valence electrons. The molecular weight excluding hydrogens is 218 g/mol. The molecule has 15 heavy (non-hydrogen) atoms. The van der Waals surface area contributed by atoms with Crippen LogP contribution in [0.2, 0.25) is 5.15 Å². The molecule has 1 unspecified atom stereocenters. The molecule has 0 saturated heterocycles. The highest BCUT2D eigenvalue weighted by Gasteiger charge is 2.13. The van der Waals surface area contributed by atoms with Crippen molar-refractivity contribution in [1.29, 1.82) is 0 Å². The number of ether oxygens (including phenoxy) is 1. The summed E-state index contributed by atoms with van der Waals surface area (Å²) in [4.78, 5) is 11.3. The summed E-state index contributed by atoms with van der Waals surface area (Å²) in [5, 5.41) is 10.6. The van der Waals surface area contributed by atoms with Crippen LogP contribution in [0.5, 0.6) is 0 Å². The monoisotopic (exact) mass is 229 g/mol. The number of carbonyl (C=O) groups excluding carboxylic acids is 1. The van der Waals surface area contributed by atoms with Gasteiger partial charge in [0, 0.05) is 0 Å². The van der Waals surface area contributed by atoms with Crippen LogP contribution >= 0.6 is 11.6 Å². The molecule has 0 aliphatic carbocycles. The van der Waals surface area contributed by atoms with Crippen LogP contribution in [0, 0.1) is 0 Å². The second-order valence-corrected chi connectivity index (χ2v) is 3.25. The maximum atomic E-state index is 11.3. The van der Waals surface area contributed by atoms with Crippen molar-refractivity contribution in [2.45, 2.75) is 19.9 Å². The summed E-state index contributed by atoms with van der Waals surface area (Å²) in [6.45, 7) is 3.80. The second-order valence-electron chi connectivity index (χ2n) is 2.86. The minimum absolute atomic E-state index is 0.310. The van der Waals surface area contributed by atoms with Gasteiger partial charge in [-0.15, -0.1) is 10.2 Å². The van der Waals surface area contributed by atoms with Crippen LogP contribution in [0.4, 0.5) is 5.82 Å². The normalized spacial score (nSPS) is 11.9. The standard InChI is InChI=1S/C9H12ClN3O2/c1-3-15-9(14)6(2)11-8-5-4-7(10)12-13-8/h4-6H,3H2,1-2H3,(H,11,13). The van der Waals surface area contributed by atoms with E-state index in [2.05, 4.69) is 15.5 Å². The zero-order chi connectivity index (χ0) is 11.3. The van der Waals surface area contributed by atoms with Crippen molar-refractivity contribution in [2.24, 2.45) is 0 Å². The average Bonchev–Trinajstić information content (AvgIpc) is 2.22. The van der Waals surface area contributed by atoms with Gasteiger partial charge in [0.15, 0.2) is 5.15 Å². The van der Waals surface area contributed by atoms with Gasteiger partial charge in [0.2, 0.25) is 0 Å². The number of halogens is 1. The van der Waals surface area contributed by atoms with Crippen LogP contribution in [-0.4, -0.2) is 28.8 Å². The van der Waals surface area contributed by atoms with Gasteiger partial charge in [-0.05, 0) is 26.0 Å². The Morgan fingerprint density at radius 3 is 2.87 bits per heavy atom. The highest BCUT2D eigenvalue weighted by molar-refractivity contribution is 6.29. The van der Waals surface area contributed by atoms with Gasteiger partial charge in [-0.2, -0.15) is 0 Å². The summed E-state index contributed by atoms with van der Waals surface area (Å²) in [5.74, 6) is 0.161. The third-order valence-corrected chi connectivity index (χ3v) is 1.84. The van der Waals surface area contributed by atoms with Gasteiger partial charge in [-0.3, -0.25) is 0 Å². The van der Waals surface area contributed by atoms with Gasteiger partial charge >= 0.3 is 5.97 Å². The Bertz CT molecular complexity index is 329. The molecule has 1 rings (SSSR count). The molecule has 1 aromatic rings. The maximum absolute atomic E-state index is 11.3. The molecule has 0 aliphatic heterocycles. The van der Waals surface area contributed by atoms with E-state index in [1.165, 1.54) is 0 Å². The molecule has 0 radical (unpaired) electrons. The number of nitrogens with one attached hydrogen (secondary N) is 1. The SMILES string of the molecule is CCOC(=O)C(C)Nc1ccc(Cl)nn1. The molecule has 1 atom stereocenters. The van der Waals surface area contributed by atoms with Gasteiger partial charge in [0.25, 0.3) is 0 Å². The summed E-state index contributed by atoms with van der Waals surface area (Å²) < 4.78 is 4.82. The van der Waals surface area contributed by atoms with E-state index in [1.54, 1.807) is 26.0 Å². The number of aromatic nitrogens is 2. The largest absolute Gasteiger partial charge is 0.464 e. The second kappa shape index (κ2) is 5.50. The Hall–Kier alpha value is -1.36. The van der Waals surface area contributed by atoms with E-state index in [0.717, 1.165) is 0 Å². The molecular formula is C9H12ClN3O2. The minimum atomic E-state index is -0.458. The average molecular weight is 230 g/mol. The molecule has 5 nitrogen and oxygen atoms in total. The zero-order valence-corrected chi connectivity index (χ0v) is 9.28. The van der Waals surface area contributed by atoms with Crippen LogP contribution in [0.25, 0.3) is 0 Å². The molecule has 6 heteroatoms. The smallest absolute Gasteiger partial charge is 0.328 e. The lowest BCUT2D eigenvalue weighted by atomic mass is 10.3. The lowest BCUT2D eigenvalue weighted by Crippen LogP contribution is -2.28. The molecule has 0 saturated carbocycles. The van der Waals surface area contributed by atoms with Crippen LogP contribution in [0.3, 0.4) is 0 Å². The third-order valence-electron chi connectivity index (χ3n) is 1.64. The van der Waals surface area contributed by atoms with E-state index in [0.29, 0.717) is 17.6 Å². The fourth-order valence-corrected chi connectivity index (χ4v) is 1.04. The first-order chi connectivity index (χ1) is 7.13. The summed E-state index contributed by atoms with van der Waals surface area (Å²) >= 11 is 5.57. The van der Waals surface area contributed by atoms with E-state index in [1.807, 2.05) is 0 Å². The van der Waals surface area contributed by atoms with Gasteiger partial charge in [-0.1, -0.05) is 11.6 Å². The predicted molar refractivity (Wildman–Crippen MR) is 56.8 cm³/mol. The Balaban J connectivity index is 2.54. The Morgan fingerprint density at radius 2 is 2.33 bits per heavy atom. The van der Waals surface area contributed by atoms with E-state index < -0.39 is 6.04 Å². The summed E-state index contributed by atoms with van der Waals surface area (Å²) in [7, 11) is 0. The Kier molecular flexibility index (Phi) is 4.30. The third kappa shape index (κ3) is 3.71. The number of esters is 1. The maximum Gasteiger partial charge on any atom is 0.328 e. The van der Waals surface area contributed by atoms with Crippen LogP contribution in [0.15, 0.2) is 12.1 Å². The van der Waals surface area contributed by atoms with E-state index in [9.17, 15) is 4.79 Å². The van der Waals surface area contributed by atoms with Crippen molar-refractivity contribution >= 4 is 23.4 Å². The molecule has 0 bridgehead atoms. The van der Waals surface area contributed by atoms with Gasteiger partial charge in [-0.25, -0.2) is 4.79 Å². The van der Waals surface area contributed by atoms with Gasteiger partial charge in [0.05, 0.1) is 6.61 Å². The van der Waals surface area contributed by atoms with Crippen LogP contribution in [0.1, 0.15) is 13.8 Å². The number of nitrogens with zero attached hydrogens (tertiary/aromatic N) is 2. The lowest BCUT2D eigenvalue weighted by Gasteiger charge is -2.12. The quantitative estimate of drug-likeness (QED) is 0.793. The van der Waals surface area contributed by atoms with Gasteiger partial charge < -0.3 is 10.1 Å². The summed E-state index contributed by atoms with van der Waals surface area (Å²) in [6.07, 6.45) is 0. The first kappa shape index (κ1) is 11.7. The minimum Gasteiger partial charge on any atom is -0.464 e. The summed E-state index contributed by atoms with van der Waals surface area (Å²) in [5.41, 5.74) is 0. The van der Waals surface area contributed by atoms with E-state index >= 15 is 0 Å². The van der Waals surface area contributed by atoms with E-state index in [4.69, 9.17) is 16.3 Å². The van der Waals surface area contributed by atoms with Crippen molar-refractivity contribution in [2.75, 3.05) is 11.9 Å². The highest BCUT2D eigenvalue weighted by atomic mass is 35.5. The van der Waals surface area contributed by atoms with Crippen molar-refractivity contribution in [1.82, 2.24) is 10.2 Å².